The Morgan fingerprint density at radius 1 is 1.05 bits per heavy atom. The van der Waals surface area contributed by atoms with Crippen molar-refractivity contribution in [1.82, 2.24) is 24.9 Å². The Bertz CT molecular complexity index is 1350. The SMILES string of the molecule is CC(C)C[C@@H](C(=O)NN(CCC(=O)n1ccnc1)S(C)(=O)=O)[C@H](CC=Cc1ccccc1)C(=O)NO.CS(=O)(=O)O. The van der Waals surface area contributed by atoms with Gasteiger partial charge < -0.3 is 0 Å². The minimum atomic E-state index is -3.93. The van der Waals surface area contributed by atoms with E-state index in [2.05, 4.69) is 10.4 Å². The molecule has 0 bridgehead atoms. The summed E-state index contributed by atoms with van der Waals surface area (Å²) < 4.78 is 52.5. The molecule has 1 heterocycles. The molecule has 41 heavy (non-hydrogen) atoms. The summed E-state index contributed by atoms with van der Waals surface area (Å²) in [6.07, 6.45) is 9.48. The van der Waals surface area contributed by atoms with Gasteiger partial charge in [-0.1, -0.05) is 56.3 Å². The summed E-state index contributed by atoms with van der Waals surface area (Å²) in [5, 5.41) is 9.33. The van der Waals surface area contributed by atoms with E-state index in [0.29, 0.717) is 10.7 Å². The summed E-state index contributed by atoms with van der Waals surface area (Å²) in [4.78, 5) is 41.9. The van der Waals surface area contributed by atoms with Crippen molar-refractivity contribution in [2.75, 3.05) is 19.1 Å². The molecule has 0 aliphatic rings. The van der Waals surface area contributed by atoms with E-state index >= 15 is 0 Å². The molecule has 4 N–H and O–H groups in total. The lowest BCUT2D eigenvalue weighted by Crippen LogP contribution is -2.51. The first-order valence-corrected chi connectivity index (χ1v) is 16.1. The number of aromatic nitrogens is 2. The molecule has 2 aromatic rings. The number of sulfonamides is 1. The maximum Gasteiger partial charge on any atom is 0.261 e. The van der Waals surface area contributed by atoms with Gasteiger partial charge in [-0.2, -0.15) is 8.42 Å². The topological polar surface area (TPSA) is 205 Å². The Morgan fingerprint density at radius 2 is 1.66 bits per heavy atom. The lowest BCUT2D eigenvalue weighted by molar-refractivity contribution is -0.141. The molecule has 2 amide bonds. The van der Waals surface area contributed by atoms with Crippen molar-refractivity contribution in [3.8, 4) is 0 Å². The third-order valence-electron chi connectivity index (χ3n) is 5.45. The number of hydrogen-bond acceptors (Lipinski definition) is 9. The maximum atomic E-state index is 13.3. The van der Waals surface area contributed by atoms with Crippen LogP contribution in [0, 0.1) is 17.8 Å². The van der Waals surface area contributed by atoms with Gasteiger partial charge >= 0.3 is 0 Å². The first kappa shape index (κ1) is 35.6. The lowest BCUT2D eigenvalue weighted by atomic mass is 9.82. The van der Waals surface area contributed by atoms with E-state index in [0.717, 1.165) is 11.8 Å². The Labute approximate surface area is 240 Å². The summed E-state index contributed by atoms with van der Waals surface area (Å²) in [5.74, 6) is -3.79. The summed E-state index contributed by atoms with van der Waals surface area (Å²) in [6, 6.07) is 9.36. The predicted octanol–water partition coefficient (Wildman–Crippen LogP) is 1.60. The molecule has 0 aliphatic heterocycles. The summed E-state index contributed by atoms with van der Waals surface area (Å²) in [6.45, 7) is 3.43. The van der Waals surface area contributed by atoms with Gasteiger partial charge in [0.25, 0.3) is 10.1 Å². The van der Waals surface area contributed by atoms with Crippen LogP contribution in [0.5, 0.6) is 0 Å². The molecular formula is C25H37N5O9S2. The second-order valence-corrected chi connectivity index (χ2v) is 12.9. The van der Waals surface area contributed by atoms with Gasteiger partial charge in [-0.05, 0) is 24.3 Å². The number of amides is 2. The minimum Gasteiger partial charge on any atom is -0.289 e. The van der Waals surface area contributed by atoms with Gasteiger partial charge in [-0.3, -0.25) is 34.1 Å². The summed E-state index contributed by atoms with van der Waals surface area (Å²) in [5.41, 5.74) is 4.90. The molecule has 2 atom stereocenters. The van der Waals surface area contributed by atoms with Gasteiger partial charge in [0.2, 0.25) is 27.7 Å². The largest absolute Gasteiger partial charge is 0.289 e. The van der Waals surface area contributed by atoms with Gasteiger partial charge in [0.05, 0.1) is 24.3 Å². The van der Waals surface area contributed by atoms with E-state index in [1.807, 2.05) is 44.2 Å². The van der Waals surface area contributed by atoms with Crippen LogP contribution >= 0.6 is 0 Å². The Hall–Kier alpha value is -3.44. The van der Waals surface area contributed by atoms with E-state index in [1.165, 1.54) is 23.3 Å². The minimum absolute atomic E-state index is 0.0117. The average molecular weight is 616 g/mol. The highest BCUT2D eigenvalue weighted by atomic mass is 32.2. The molecule has 2 rings (SSSR count). The van der Waals surface area contributed by atoms with Gasteiger partial charge in [0.1, 0.15) is 6.33 Å². The van der Waals surface area contributed by atoms with Crippen molar-refractivity contribution in [3.05, 3.63) is 60.7 Å². The van der Waals surface area contributed by atoms with Crippen LogP contribution in [-0.2, 0) is 29.7 Å². The number of nitrogens with one attached hydrogen (secondary N) is 2. The highest BCUT2D eigenvalue weighted by molar-refractivity contribution is 7.88. The second-order valence-electron chi connectivity index (χ2n) is 9.53. The van der Waals surface area contributed by atoms with Crippen molar-refractivity contribution in [2.45, 2.75) is 33.1 Å². The number of carbonyl (C=O) groups is 3. The van der Waals surface area contributed by atoms with E-state index in [9.17, 15) is 36.4 Å². The molecule has 0 radical (unpaired) electrons. The standard InChI is InChI=1S/C24H33N5O6S.CH4O3S/c1-18(2)16-21(20(24(32)27-33)11-7-10-19-8-5-4-6-9-19)23(31)26-29(36(3,34)35)14-12-22(30)28-15-13-25-17-28;1-5(2,3)4/h4-10,13,15,17-18,20-21,33H,11-12,14,16H2,1-3H3,(H,26,31)(H,27,32);1H3,(H,2,3,4)/t20-,21+;/m0./s1. The van der Waals surface area contributed by atoms with Crippen molar-refractivity contribution >= 4 is 43.9 Å². The smallest absolute Gasteiger partial charge is 0.261 e. The molecule has 16 heteroatoms. The normalized spacial score (nSPS) is 13.4. The number of imidazole rings is 1. The fraction of sp³-hybridized carbons (Fsp3) is 0.440. The van der Waals surface area contributed by atoms with Gasteiger partial charge in [-0.25, -0.2) is 18.9 Å². The molecule has 1 aromatic heterocycles. The highest BCUT2D eigenvalue weighted by Gasteiger charge is 2.35. The van der Waals surface area contributed by atoms with E-state index in [-0.39, 0.29) is 31.7 Å². The Morgan fingerprint density at radius 3 is 2.15 bits per heavy atom. The zero-order valence-corrected chi connectivity index (χ0v) is 24.9. The van der Waals surface area contributed by atoms with Crippen LogP contribution in [0.4, 0.5) is 0 Å². The zero-order valence-electron chi connectivity index (χ0n) is 23.2. The Kier molecular flexibility index (Phi) is 14.5. The number of allylic oxidation sites excluding steroid dienone is 1. The van der Waals surface area contributed by atoms with Crippen molar-refractivity contribution in [2.24, 2.45) is 17.8 Å². The van der Waals surface area contributed by atoms with E-state index in [4.69, 9.17) is 4.55 Å². The van der Waals surface area contributed by atoms with Crippen LogP contribution in [0.15, 0.2) is 55.1 Å². The van der Waals surface area contributed by atoms with Crippen LogP contribution in [0.1, 0.15) is 43.5 Å². The third kappa shape index (κ3) is 14.7. The number of rotatable bonds is 13. The number of hydrogen-bond donors (Lipinski definition) is 4. The fourth-order valence-corrected chi connectivity index (χ4v) is 4.34. The number of nitrogens with zero attached hydrogens (tertiary/aromatic N) is 3. The van der Waals surface area contributed by atoms with Gasteiger partial charge in [0.15, 0.2) is 0 Å². The lowest BCUT2D eigenvalue weighted by Gasteiger charge is -2.28. The molecule has 0 saturated heterocycles. The predicted molar refractivity (Wildman–Crippen MR) is 151 cm³/mol. The molecule has 228 valence electrons. The third-order valence-corrected chi connectivity index (χ3v) is 6.53. The van der Waals surface area contributed by atoms with Crippen LogP contribution in [-0.4, -0.2) is 77.3 Å². The van der Waals surface area contributed by atoms with Gasteiger partial charge in [0, 0.05) is 25.4 Å². The van der Waals surface area contributed by atoms with Crippen molar-refractivity contribution < 1.29 is 41.0 Å². The summed E-state index contributed by atoms with van der Waals surface area (Å²) in [7, 11) is -7.60. The van der Waals surface area contributed by atoms with E-state index < -0.39 is 49.7 Å². The molecule has 0 fully saturated rings. The highest BCUT2D eigenvalue weighted by Crippen LogP contribution is 2.26. The molecule has 0 aliphatic carbocycles. The Balaban J connectivity index is 0.00000154. The van der Waals surface area contributed by atoms with E-state index in [1.54, 1.807) is 17.6 Å². The van der Waals surface area contributed by atoms with Crippen LogP contribution in [0.3, 0.4) is 0 Å². The molecular weight excluding hydrogens is 578 g/mol. The average Bonchev–Trinajstić information content (AvgIpc) is 3.41. The van der Waals surface area contributed by atoms with Crippen LogP contribution in [0.2, 0.25) is 0 Å². The van der Waals surface area contributed by atoms with Crippen molar-refractivity contribution in [1.29, 1.82) is 0 Å². The first-order valence-electron chi connectivity index (χ1n) is 12.4. The van der Waals surface area contributed by atoms with Gasteiger partial charge in [-0.15, -0.1) is 4.41 Å². The zero-order chi connectivity index (χ0) is 31.2. The number of hydrazine groups is 1. The monoisotopic (exact) mass is 615 g/mol. The number of benzene rings is 1. The maximum absolute atomic E-state index is 13.3. The van der Waals surface area contributed by atoms with Crippen LogP contribution < -0.4 is 10.9 Å². The molecule has 1 aromatic carbocycles. The quantitative estimate of drug-likeness (QED) is 0.145. The summed E-state index contributed by atoms with van der Waals surface area (Å²) >= 11 is 0. The molecule has 0 saturated carbocycles. The number of carbonyl (C=O) groups excluding carboxylic acids is 3. The first-order chi connectivity index (χ1) is 19.0. The fourth-order valence-electron chi connectivity index (χ4n) is 3.66. The van der Waals surface area contributed by atoms with Crippen molar-refractivity contribution in [3.63, 3.8) is 0 Å². The number of hydroxylamine groups is 1. The molecule has 0 unspecified atom stereocenters. The molecule has 0 spiro atoms. The second kappa shape index (κ2) is 16.7. The molecule has 14 nitrogen and oxygen atoms in total. The van der Waals surface area contributed by atoms with Crippen LogP contribution in [0.25, 0.3) is 6.08 Å².